The van der Waals surface area contributed by atoms with Crippen LogP contribution in [0.15, 0.2) is 46.8 Å². The van der Waals surface area contributed by atoms with Crippen molar-refractivity contribution in [3.63, 3.8) is 0 Å². The summed E-state index contributed by atoms with van der Waals surface area (Å²) in [5, 5.41) is 12.7. The summed E-state index contributed by atoms with van der Waals surface area (Å²) in [6.45, 7) is 1.88. The van der Waals surface area contributed by atoms with E-state index in [1.165, 1.54) is 11.8 Å². The largest absolute Gasteiger partial charge is 0.278 e. The highest BCUT2D eigenvalue weighted by Crippen LogP contribution is 2.08. The fraction of sp³-hybridized carbons (Fsp3) is 0.167. The molecule has 0 atom stereocenters. The van der Waals surface area contributed by atoms with Crippen molar-refractivity contribution in [3.05, 3.63) is 42.2 Å². The van der Waals surface area contributed by atoms with Gasteiger partial charge in [0.15, 0.2) is 0 Å². The van der Waals surface area contributed by atoms with Crippen molar-refractivity contribution >= 4 is 23.2 Å². The summed E-state index contributed by atoms with van der Waals surface area (Å²) in [6.07, 6.45) is 3.51. The highest BCUT2D eigenvalue weighted by Gasteiger charge is 2.02. The number of hydrogen-bond acceptors (Lipinski definition) is 6. The summed E-state index contributed by atoms with van der Waals surface area (Å²) in [5.41, 5.74) is 5.40. The minimum absolute atomic E-state index is 0.641. The molecular weight excluding hydrogens is 246 g/mol. The zero-order valence-corrected chi connectivity index (χ0v) is 11.0. The van der Waals surface area contributed by atoms with Crippen LogP contribution in [0.1, 0.15) is 12.6 Å². The summed E-state index contributed by atoms with van der Waals surface area (Å²) in [6, 6.07) is 9.75. The molecule has 1 heterocycles. The van der Waals surface area contributed by atoms with Crippen molar-refractivity contribution in [3.8, 4) is 0 Å². The van der Waals surface area contributed by atoms with Gasteiger partial charge in [-0.25, -0.2) is 4.98 Å². The number of hydrogen-bond donors (Lipinski definition) is 1. The van der Waals surface area contributed by atoms with E-state index in [0.717, 1.165) is 17.1 Å². The van der Waals surface area contributed by atoms with Gasteiger partial charge in [0, 0.05) is 0 Å². The second kappa shape index (κ2) is 6.11. The summed E-state index contributed by atoms with van der Waals surface area (Å²) >= 11 is 1.45. The molecule has 0 amide bonds. The Kier molecular flexibility index (Phi) is 4.25. The van der Waals surface area contributed by atoms with Crippen LogP contribution >= 0.6 is 11.8 Å². The van der Waals surface area contributed by atoms with Gasteiger partial charge in [-0.3, -0.25) is 5.43 Å². The van der Waals surface area contributed by atoms with E-state index in [1.54, 1.807) is 6.20 Å². The maximum Gasteiger partial charge on any atom is 0.209 e. The van der Waals surface area contributed by atoms with Crippen LogP contribution in [0.3, 0.4) is 0 Å². The number of nitrogens with one attached hydrogen (secondary N) is 1. The lowest BCUT2D eigenvalue weighted by molar-refractivity contribution is 0.833. The molecule has 0 aliphatic heterocycles. The average molecular weight is 259 g/mol. The molecule has 2 aromatic rings. The molecule has 0 aliphatic rings. The average Bonchev–Trinajstić information content (AvgIpc) is 2.46. The van der Waals surface area contributed by atoms with Crippen LogP contribution in [0.25, 0.3) is 0 Å². The number of para-hydroxylation sites is 1. The van der Waals surface area contributed by atoms with E-state index in [0.29, 0.717) is 5.16 Å². The van der Waals surface area contributed by atoms with Crippen molar-refractivity contribution in [1.29, 1.82) is 0 Å². The third kappa shape index (κ3) is 3.27. The second-order valence-corrected chi connectivity index (χ2v) is 4.28. The van der Waals surface area contributed by atoms with Crippen LogP contribution in [-0.2, 0) is 0 Å². The van der Waals surface area contributed by atoms with E-state index in [4.69, 9.17) is 0 Å². The van der Waals surface area contributed by atoms with Gasteiger partial charge in [-0.1, -0.05) is 30.0 Å². The Labute approximate surface area is 110 Å². The highest BCUT2D eigenvalue weighted by atomic mass is 32.2. The predicted octanol–water partition coefficient (Wildman–Crippen LogP) is 2.43. The highest BCUT2D eigenvalue weighted by molar-refractivity contribution is 7.98. The van der Waals surface area contributed by atoms with Crippen molar-refractivity contribution in [2.24, 2.45) is 5.10 Å². The maximum absolute atomic E-state index is 4.32. The molecule has 0 spiro atoms. The lowest BCUT2D eigenvalue weighted by Gasteiger charge is -2.03. The minimum atomic E-state index is 0.641. The van der Waals surface area contributed by atoms with Gasteiger partial charge in [0.2, 0.25) is 5.16 Å². The third-order valence-corrected chi connectivity index (χ3v) is 2.76. The molecule has 5 nitrogen and oxygen atoms in total. The first kappa shape index (κ1) is 12.5. The van der Waals surface area contributed by atoms with Gasteiger partial charge in [-0.05, 0) is 25.3 Å². The van der Waals surface area contributed by atoms with Crippen LogP contribution in [0.5, 0.6) is 0 Å². The normalized spacial score (nSPS) is 11.3. The predicted molar refractivity (Wildman–Crippen MR) is 73.9 cm³/mol. The third-order valence-electron chi connectivity index (χ3n) is 2.22. The van der Waals surface area contributed by atoms with Gasteiger partial charge in [0.1, 0.15) is 5.69 Å². The summed E-state index contributed by atoms with van der Waals surface area (Å²) in [5.74, 6) is 0. The van der Waals surface area contributed by atoms with Crippen LogP contribution in [0, 0.1) is 0 Å². The van der Waals surface area contributed by atoms with E-state index in [-0.39, 0.29) is 0 Å². The SMILES string of the molecule is CSc1nncc(C(C)=NNc2ccccc2)n1. The molecule has 92 valence electrons. The van der Waals surface area contributed by atoms with Crippen LogP contribution in [0.2, 0.25) is 0 Å². The fourth-order valence-corrected chi connectivity index (χ4v) is 1.58. The molecule has 2 rings (SSSR count). The molecule has 1 aromatic carbocycles. The first-order valence-electron chi connectivity index (χ1n) is 5.39. The molecule has 18 heavy (non-hydrogen) atoms. The van der Waals surface area contributed by atoms with Gasteiger partial charge < -0.3 is 0 Å². The molecule has 1 aromatic heterocycles. The molecule has 6 heteroatoms. The van der Waals surface area contributed by atoms with E-state index in [9.17, 15) is 0 Å². The number of thioether (sulfide) groups is 1. The smallest absolute Gasteiger partial charge is 0.209 e. The Balaban J connectivity index is 2.12. The molecule has 0 saturated carbocycles. The van der Waals surface area contributed by atoms with Crippen LogP contribution < -0.4 is 5.43 Å². The number of hydrazone groups is 1. The first-order chi connectivity index (χ1) is 8.79. The Morgan fingerprint density at radius 1 is 1.28 bits per heavy atom. The van der Waals surface area contributed by atoms with Crippen molar-refractivity contribution < 1.29 is 0 Å². The number of anilines is 1. The zero-order chi connectivity index (χ0) is 12.8. The summed E-state index contributed by atoms with van der Waals surface area (Å²) in [7, 11) is 0. The van der Waals surface area contributed by atoms with E-state index in [2.05, 4.69) is 25.7 Å². The molecule has 0 radical (unpaired) electrons. The van der Waals surface area contributed by atoms with E-state index < -0.39 is 0 Å². The molecule has 0 unspecified atom stereocenters. The van der Waals surface area contributed by atoms with Crippen LogP contribution in [0.4, 0.5) is 5.69 Å². The van der Waals surface area contributed by atoms with Crippen molar-refractivity contribution in [2.45, 2.75) is 12.1 Å². The van der Waals surface area contributed by atoms with Gasteiger partial charge in [-0.2, -0.15) is 10.2 Å². The summed E-state index contributed by atoms with van der Waals surface area (Å²) < 4.78 is 0. The molecule has 0 fully saturated rings. The quantitative estimate of drug-likeness (QED) is 0.519. The maximum atomic E-state index is 4.32. The lowest BCUT2D eigenvalue weighted by Crippen LogP contribution is -2.05. The topological polar surface area (TPSA) is 63.1 Å². The van der Waals surface area contributed by atoms with Crippen molar-refractivity contribution in [1.82, 2.24) is 15.2 Å². The number of aromatic nitrogens is 3. The number of nitrogens with zero attached hydrogens (tertiary/aromatic N) is 4. The molecule has 0 aliphatic carbocycles. The molecular formula is C12H13N5S. The zero-order valence-electron chi connectivity index (χ0n) is 10.2. The van der Waals surface area contributed by atoms with Gasteiger partial charge in [-0.15, -0.1) is 5.10 Å². The first-order valence-corrected chi connectivity index (χ1v) is 6.61. The Morgan fingerprint density at radius 3 is 2.78 bits per heavy atom. The second-order valence-electron chi connectivity index (χ2n) is 3.50. The number of benzene rings is 1. The van der Waals surface area contributed by atoms with Gasteiger partial charge >= 0.3 is 0 Å². The van der Waals surface area contributed by atoms with Gasteiger partial charge in [0.05, 0.1) is 17.6 Å². The fourth-order valence-electron chi connectivity index (χ4n) is 1.27. The van der Waals surface area contributed by atoms with E-state index in [1.807, 2.05) is 43.5 Å². The van der Waals surface area contributed by atoms with E-state index >= 15 is 0 Å². The standard InChI is InChI=1S/C12H13N5S/c1-9(11-8-13-17-12(14-11)18-2)15-16-10-6-4-3-5-7-10/h3-8,16H,1-2H3. The summed E-state index contributed by atoms with van der Waals surface area (Å²) in [4.78, 5) is 4.32. The molecule has 0 bridgehead atoms. The lowest BCUT2D eigenvalue weighted by atomic mass is 10.3. The van der Waals surface area contributed by atoms with Crippen LogP contribution in [-0.4, -0.2) is 27.1 Å². The molecule has 0 saturated heterocycles. The monoisotopic (exact) mass is 259 g/mol. The Morgan fingerprint density at radius 2 is 2.06 bits per heavy atom. The molecule has 1 N–H and O–H groups in total. The van der Waals surface area contributed by atoms with Gasteiger partial charge in [0.25, 0.3) is 0 Å². The Bertz CT molecular complexity index is 541. The number of rotatable bonds is 4. The van der Waals surface area contributed by atoms with Crippen molar-refractivity contribution in [2.75, 3.05) is 11.7 Å². The Hall–Kier alpha value is -1.95. The minimum Gasteiger partial charge on any atom is -0.278 e.